The number of likely N-dealkylation sites (tertiary alicyclic amines) is 1. The number of hydrogen-bond donors (Lipinski definition) is 1. The van der Waals surface area contributed by atoms with Gasteiger partial charge in [-0.25, -0.2) is 0 Å². The van der Waals surface area contributed by atoms with Crippen molar-refractivity contribution in [1.82, 2.24) is 10.2 Å². The lowest BCUT2D eigenvalue weighted by Crippen LogP contribution is -2.46. The summed E-state index contributed by atoms with van der Waals surface area (Å²) in [6, 6.07) is 4.58. The SMILES string of the molecule is CCOC1CCN(C(=NC)NCc2cc(Cl)ccc2OC(F)F)CC1.I. The van der Waals surface area contributed by atoms with E-state index in [9.17, 15) is 8.78 Å². The zero-order chi connectivity index (χ0) is 18.2. The smallest absolute Gasteiger partial charge is 0.387 e. The molecule has 0 bridgehead atoms. The van der Waals surface area contributed by atoms with E-state index < -0.39 is 6.61 Å². The number of nitrogens with one attached hydrogen (secondary N) is 1. The van der Waals surface area contributed by atoms with E-state index in [1.165, 1.54) is 12.1 Å². The van der Waals surface area contributed by atoms with E-state index >= 15 is 0 Å². The Labute approximate surface area is 175 Å². The molecule has 26 heavy (non-hydrogen) atoms. The molecule has 1 aromatic rings. The Morgan fingerprint density at radius 3 is 2.65 bits per heavy atom. The summed E-state index contributed by atoms with van der Waals surface area (Å²) in [5.74, 6) is 0.829. The van der Waals surface area contributed by atoms with Gasteiger partial charge < -0.3 is 19.7 Å². The Bertz CT molecular complexity index is 585. The van der Waals surface area contributed by atoms with Crippen molar-refractivity contribution in [2.45, 2.75) is 39.0 Å². The maximum Gasteiger partial charge on any atom is 0.387 e. The molecule has 0 amide bonds. The maximum absolute atomic E-state index is 12.5. The molecule has 0 aromatic heterocycles. The van der Waals surface area contributed by atoms with Gasteiger partial charge in [0, 0.05) is 43.9 Å². The summed E-state index contributed by atoms with van der Waals surface area (Å²) in [7, 11) is 1.70. The van der Waals surface area contributed by atoms with E-state index in [2.05, 4.69) is 19.9 Å². The van der Waals surface area contributed by atoms with Crippen LogP contribution in [0.1, 0.15) is 25.3 Å². The summed E-state index contributed by atoms with van der Waals surface area (Å²) in [6.45, 7) is 1.80. The summed E-state index contributed by atoms with van der Waals surface area (Å²) >= 11 is 5.97. The van der Waals surface area contributed by atoms with Crippen LogP contribution in [-0.4, -0.2) is 50.3 Å². The summed E-state index contributed by atoms with van der Waals surface area (Å²) in [4.78, 5) is 6.41. The first-order valence-corrected chi connectivity index (χ1v) is 8.71. The fourth-order valence-corrected chi connectivity index (χ4v) is 3.07. The average Bonchev–Trinajstić information content (AvgIpc) is 2.59. The number of guanidine groups is 1. The van der Waals surface area contributed by atoms with Gasteiger partial charge in [0.2, 0.25) is 0 Å². The van der Waals surface area contributed by atoms with Crippen LogP contribution in [0, 0.1) is 0 Å². The molecule has 2 rings (SSSR count). The van der Waals surface area contributed by atoms with Gasteiger partial charge >= 0.3 is 6.61 Å². The van der Waals surface area contributed by atoms with Gasteiger partial charge in [-0.15, -0.1) is 24.0 Å². The molecule has 9 heteroatoms. The van der Waals surface area contributed by atoms with Gasteiger partial charge in [0.15, 0.2) is 5.96 Å². The van der Waals surface area contributed by atoms with Crippen molar-refractivity contribution in [2.24, 2.45) is 4.99 Å². The molecule has 1 saturated heterocycles. The predicted octanol–water partition coefficient (Wildman–Crippen LogP) is 4.14. The molecular weight excluding hydrogens is 479 g/mol. The molecule has 0 radical (unpaired) electrons. The zero-order valence-electron chi connectivity index (χ0n) is 14.9. The molecular formula is C17H25ClF2IN3O2. The van der Waals surface area contributed by atoms with Crippen molar-refractivity contribution >= 4 is 41.5 Å². The van der Waals surface area contributed by atoms with Crippen LogP contribution >= 0.6 is 35.6 Å². The minimum absolute atomic E-state index is 0. The van der Waals surface area contributed by atoms with E-state index in [1.807, 2.05) is 6.92 Å². The summed E-state index contributed by atoms with van der Waals surface area (Å²) in [6.07, 6.45) is 2.16. The Morgan fingerprint density at radius 2 is 2.08 bits per heavy atom. The van der Waals surface area contributed by atoms with E-state index in [-0.39, 0.29) is 29.7 Å². The lowest BCUT2D eigenvalue weighted by molar-refractivity contribution is -0.0504. The fourth-order valence-electron chi connectivity index (χ4n) is 2.87. The number of rotatable bonds is 6. The minimum atomic E-state index is -2.88. The van der Waals surface area contributed by atoms with Crippen LogP contribution in [0.15, 0.2) is 23.2 Å². The summed E-state index contributed by atoms with van der Waals surface area (Å²) < 4.78 is 35.3. The highest BCUT2D eigenvalue weighted by atomic mass is 127. The minimum Gasteiger partial charge on any atom is -0.434 e. The van der Waals surface area contributed by atoms with E-state index in [0.29, 0.717) is 23.2 Å². The van der Waals surface area contributed by atoms with Crippen molar-refractivity contribution < 1.29 is 18.3 Å². The fraction of sp³-hybridized carbons (Fsp3) is 0.588. The lowest BCUT2D eigenvalue weighted by Gasteiger charge is -2.34. The monoisotopic (exact) mass is 503 g/mol. The van der Waals surface area contributed by atoms with Crippen LogP contribution in [-0.2, 0) is 11.3 Å². The van der Waals surface area contributed by atoms with Gasteiger partial charge in [0.05, 0.1) is 6.10 Å². The van der Waals surface area contributed by atoms with Crippen molar-refractivity contribution in [3.63, 3.8) is 0 Å². The Hall–Kier alpha value is -0.870. The van der Waals surface area contributed by atoms with Crippen LogP contribution in [0.5, 0.6) is 5.75 Å². The molecule has 1 heterocycles. The van der Waals surface area contributed by atoms with Crippen molar-refractivity contribution in [3.8, 4) is 5.75 Å². The number of piperidine rings is 1. The molecule has 0 unspecified atom stereocenters. The molecule has 0 atom stereocenters. The predicted molar refractivity (Wildman–Crippen MR) is 110 cm³/mol. The van der Waals surface area contributed by atoms with Gasteiger partial charge in [-0.3, -0.25) is 4.99 Å². The van der Waals surface area contributed by atoms with Gasteiger partial charge in [-0.05, 0) is 38.0 Å². The van der Waals surface area contributed by atoms with E-state index in [0.717, 1.165) is 38.5 Å². The largest absolute Gasteiger partial charge is 0.434 e. The number of alkyl halides is 2. The first kappa shape index (κ1) is 23.2. The highest BCUT2D eigenvalue weighted by Gasteiger charge is 2.21. The Balaban J connectivity index is 0.00000338. The second kappa shape index (κ2) is 11.8. The van der Waals surface area contributed by atoms with Crippen LogP contribution in [0.3, 0.4) is 0 Å². The van der Waals surface area contributed by atoms with Gasteiger partial charge in [0.1, 0.15) is 5.75 Å². The number of ether oxygens (including phenoxy) is 2. The molecule has 1 aliphatic heterocycles. The van der Waals surface area contributed by atoms with E-state index in [1.54, 1.807) is 13.1 Å². The van der Waals surface area contributed by atoms with Gasteiger partial charge in [0.25, 0.3) is 0 Å². The second-order valence-corrected chi connectivity index (χ2v) is 6.11. The molecule has 148 valence electrons. The number of benzene rings is 1. The molecule has 0 aliphatic carbocycles. The maximum atomic E-state index is 12.5. The third-order valence-corrected chi connectivity index (χ3v) is 4.27. The van der Waals surface area contributed by atoms with Gasteiger partial charge in [-0.2, -0.15) is 8.78 Å². The molecule has 0 spiro atoms. The number of aliphatic imine (C=N–C) groups is 1. The van der Waals surface area contributed by atoms with Crippen LogP contribution in [0.2, 0.25) is 5.02 Å². The van der Waals surface area contributed by atoms with Crippen LogP contribution < -0.4 is 10.1 Å². The number of nitrogens with zero attached hydrogens (tertiary/aromatic N) is 2. The normalized spacial score (nSPS) is 15.8. The van der Waals surface area contributed by atoms with Crippen molar-refractivity contribution in [2.75, 3.05) is 26.7 Å². The first-order chi connectivity index (χ1) is 12.0. The topological polar surface area (TPSA) is 46.1 Å². The zero-order valence-corrected chi connectivity index (χ0v) is 18.0. The van der Waals surface area contributed by atoms with Crippen LogP contribution in [0.25, 0.3) is 0 Å². The quantitative estimate of drug-likeness (QED) is 0.360. The van der Waals surface area contributed by atoms with Crippen molar-refractivity contribution in [3.05, 3.63) is 28.8 Å². The Kier molecular flexibility index (Phi) is 10.5. The summed E-state index contributed by atoms with van der Waals surface area (Å²) in [5.41, 5.74) is 0.554. The first-order valence-electron chi connectivity index (χ1n) is 8.34. The third kappa shape index (κ3) is 7.03. The Morgan fingerprint density at radius 1 is 1.38 bits per heavy atom. The molecule has 1 fully saturated rings. The standard InChI is InChI=1S/C17H24ClF2N3O2.HI/c1-3-24-14-6-8-23(9-7-14)17(21-2)22-11-12-10-13(18)4-5-15(12)25-16(19)20;/h4-5,10,14,16H,3,6-9,11H2,1-2H3,(H,21,22);1H. The molecule has 1 aromatic carbocycles. The van der Waals surface area contributed by atoms with Crippen LogP contribution in [0.4, 0.5) is 8.78 Å². The number of halogens is 4. The summed E-state index contributed by atoms with van der Waals surface area (Å²) in [5, 5.41) is 3.66. The second-order valence-electron chi connectivity index (χ2n) is 5.67. The molecule has 1 N–H and O–H groups in total. The van der Waals surface area contributed by atoms with Crippen molar-refractivity contribution in [1.29, 1.82) is 0 Å². The average molecular weight is 504 g/mol. The molecule has 5 nitrogen and oxygen atoms in total. The third-order valence-electron chi connectivity index (χ3n) is 4.03. The lowest BCUT2D eigenvalue weighted by atomic mass is 10.1. The van der Waals surface area contributed by atoms with E-state index in [4.69, 9.17) is 16.3 Å². The highest BCUT2D eigenvalue weighted by Crippen LogP contribution is 2.24. The number of hydrogen-bond acceptors (Lipinski definition) is 3. The molecule has 1 aliphatic rings. The molecule has 0 saturated carbocycles. The van der Waals surface area contributed by atoms with Gasteiger partial charge in [-0.1, -0.05) is 11.6 Å². The highest BCUT2D eigenvalue weighted by molar-refractivity contribution is 14.0.